The van der Waals surface area contributed by atoms with Gasteiger partial charge in [0.15, 0.2) is 0 Å². The number of aromatic nitrogens is 5. The van der Waals surface area contributed by atoms with Gasteiger partial charge in [-0.2, -0.15) is 4.98 Å². The molecule has 0 spiro atoms. The second kappa shape index (κ2) is 5.77. The van der Waals surface area contributed by atoms with E-state index in [2.05, 4.69) is 35.9 Å². The topological polar surface area (TPSA) is 78.2 Å². The Kier molecular flexibility index (Phi) is 3.47. The Balaban J connectivity index is 1.79. The zero-order valence-electron chi connectivity index (χ0n) is 15.6. The smallest absolute Gasteiger partial charge is 0.278 e. The molecule has 3 heterocycles. The van der Waals surface area contributed by atoms with Crippen LogP contribution in [-0.2, 0) is 0 Å². The molecule has 1 fully saturated rings. The second-order valence-electron chi connectivity index (χ2n) is 7.51. The molecule has 27 heavy (non-hydrogen) atoms. The van der Waals surface area contributed by atoms with Gasteiger partial charge in [0.2, 0.25) is 11.7 Å². The van der Waals surface area contributed by atoms with E-state index in [9.17, 15) is 4.79 Å². The van der Waals surface area contributed by atoms with Crippen molar-refractivity contribution >= 4 is 16.6 Å². The lowest BCUT2D eigenvalue weighted by atomic mass is 10.2. The Morgan fingerprint density at radius 2 is 2.04 bits per heavy atom. The lowest BCUT2D eigenvalue weighted by molar-refractivity contribution is 0.376. The zero-order valence-corrected chi connectivity index (χ0v) is 15.6. The van der Waals surface area contributed by atoms with E-state index in [1.54, 1.807) is 6.33 Å². The number of benzene rings is 1. The quantitative estimate of drug-likeness (QED) is 0.551. The van der Waals surface area contributed by atoms with Gasteiger partial charge in [0.05, 0.1) is 11.0 Å². The highest BCUT2D eigenvalue weighted by molar-refractivity contribution is 5.83. The number of para-hydroxylation sites is 2. The minimum Gasteiger partial charge on any atom is -0.339 e. The van der Waals surface area contributed by atoms with E-state index < -0.39 is 0 Å². The third-order valence-corrected chi connectivity index (χ3v) is 5.70. The molecule has 3 aromatic heterocycles. The molecule has 1 aliphatic rings. The lowest BCUT2D eigenvalue weighted by Gasteiger charge is -2.17. The molecule has 0 radical (unpaired) electrons. The van der Waals surface area contributed by atoms with Crippen molar-refractivity contribution in [2.75, 3.05) is 0 Å². The zero-order chi connectivity index (χ0) is 18.7. The van der Waals surface area contributed by atoms with Crippen molar-refractivity contribution in [3.05, 3.63) is 46.8 Å². The number of fused-ring (bicyclic) bond motifs is 3. The van der Waals surface area contributed by atoms with Crippen LogP contribution in [-0.4, -0.2) is 24.1 Å². The molecular formula is C20H21N5O2. The molecule has 0 amide bonds. The molecule has 1 saturated carbocycles. The first-order valence-electron chi connectivity index (χ1n) is 9.44. The van der Waals surface area contributed by atoms with Crippen LogP contribution in [0.25, 0.3) is 28.1 Å². The van der Waals surface area contributed by atoms with Gasteiger partial charge in [0, 0.05) is 12.0 Å². The molecule has 3 atom stereocenters. The van der Waals surface area contributed by atoms with Gasteiger partial charge in [-0.05, 0) is 37.8 Å². The van der Waals surface area contributed by atoms with Gasteiger partial charge in [-0.15, -0.1) is 0 Å². The fourth-order valence-corrected chi connectivity index (χ4v) is 3.76. The van der Waals surface area contributed by atoms with Crippen LogP contribution in [0.4, 0.5) is 0 Å². The molecule has 5 rings (SSSR count). The molecule has 3 unspecified atom stereocenters. The van der Waals surface area contributed by atoms with Gasteiger partial charge in [0.25, 0.3) is 5.56 Å². The van der Waals surface area contributed by atoms with Crippen molar-refractivity contribution in [1.82, 2.24) is 24.1 Å². The van der Waals surface area contributed by atoms with E-state index in [1.807, 2.05) is 33.2 Å². The van der Waals surface area contributed by atoms with Crippen LogP contribution in [0.15, 0.2) is 39.9 Å². The molecule has 0 aliphatic heterocycles. The van der Waals surface area contributed by atoms with Gasteiger partial charge >= 0.3 is 0 Å². The Morgan fingerprint density at radius 3 is 2.74 bits per heavy atom. The standard InChI is InChI=1S/C20H21N5O2/c1-4-12(3)25-15-8-6-5-7-14(15)24-10-21-16(17(24)20(25)26)18-22-19(27-23-18)13-9-11(13)2/h5-8,10-13H,4,9H2,1-3H3. The van der Waals surface area contributed by atoms with Crippen LogP contribution >= 0.6 is 0 Å². The van der Waals surface area contributed by atoms with Gasteiger partial charge in [0.1, 0.15) is 17.5 Å². The van der Waals surface area contributed by atoms with Crippen LogP contribution in [0, 0.1) is 5.92 Å². The van der Waals surface area contributed by atoms with Crippen molar-refractivity contribution in [2.45, 2.75) is 45.6 Å². The molecule has 0 bridgehead atoms. The Labute approximate surface area is 155 Å². The molecule has 7 heteroatoms. The van der Waals surface area contributed by atoms with Gasteiger partial charge in [-0.3, -0.25) is 9.20 Å². The highest BCUT2D eigenvalue weighted by Gasteiger charge is 2.39. The van der Waals surface area contributed by atoms with Crippen molar-refractivity contribution < 1.29 is 4.52 Å². The van der Waals surface area contributed by atoms with Crippen LogP contribution < -0.4 is 5.56 Å². The summed E-state index contributed by atoms with van der Waals surface area (Å²) < 4.78 is 9.12. The van der Waals surface area contributed by atoms with E-state index in [0.29, 0.717) is 34.8 Å². The molecule has 1 aliphatic carbocycles. The third-order valence-electron chi connectivity index (χ3n) is 5.70. The highest BCUT2D eigenvalue weighted by atomic mass is 16.5. The maximum atomic E-state index is 13.4. The molecule has 7 nitrogen and oxygen atoms in total. The molecule has 0 saturated heterocycles. The normalized spacial score (nSPS) is 20.4. The summed E-state index contributed by atoms with van der Waals surface area (Å²) in [7, 11) is 0. The maximum Gasteiger partial charge on any atom is 0.278 e. The third kappa shape index (κ3) is 2.34. The predicted molar refractivity (Wildman–Crippen MR) is 102 cm³/mol. The van der Waals surface area contributed by atoms with Gasteiger partial charge in [-0.25, -0.2) is 4.98 Å². The van der Waals surface area contributed by atoms with E-state index in [-0.39, 0.29) is 11.6 Å². The van der Waals surface area contributed by atoms with E-state index >= 15 is 0 Å². The van der Waals surface area contributed by atoms with Crippen LogP contribution in [0.2, 0.25) is 0 Å². The van der Waals surface area contributed by atoms with Crippen LogP contribution in [0.5, 0.6) is 0 Å². The molecule has 1 aromatic carbocycles. The summed E-state index contributed by atoms with van der Waals surface area (Å²) in [6, 6.07) is 7.96. The Morgan fingerprint density at radius 1 is 1.30 bits per heavy atom. The fraction of sp³-hybridized carbons (Fsp3) is 0.400. The Hall–Kier alpha value is -2.96. The summed E-state index contributed by atoms with van der Waals surface area (Å²) in [5.41, 5.74) is 2.72. The number of hydrogen-bond donors (Lipinski definition) is 0. The van der Waals surface area contributed by atoms with Crippen LogP contribution in [0.3, 0.4) is 0 Å². The van der Waals surface area contributed by atoms with Gasteiger partial charge < -0.3 is 9.09 Å². The summed E-state index contributed by atoms with van der Waals surface area (Å²) in [6.45, 7) is 6.30. The summed E-state index contributed by atoms with van der Waals surface area (Å²) in [6.07, 6.45) is 3.59. The van der Waals surface area contributed by atoms with Crippen molar-refractivity contribution in [3.8, 4) is 11.5 Å². The lowest BCUT2D eigenvalue weighted by Crippen LogP contribution is -2.25. The molecule has 138 valence electrons. The number of rotatable bonds is 4. The summed E-state index contributed by atoms with van der Waals surface area (Å²) >= 11 is 0. The largest absolute Gasteiger partial charge is 0.339 e. The van der Waals surface area contributed by atoms with E-state index in [4.69, 9.17) is 4.52 Å². The minimum absolute atomic E-state index is 0.0725. The van der Waals surface area contributed by atoms with Crippen molar-refractivity contribution in [3.63, 3.8) is 0 Å². The average Bonchev–Trinajstić information content (AvgIpc) is 3.09. The SMILES string of the molecule is CCC(C)n1c(=O)c2c(-c3noc(C4CC4C)n3)ncn2c2ccccc21. The molecule has 0 N–H and O–H groups in total. The molecule has 4 aromatic rings. The number of hydrogen-bond acceptors (Lipinski definition) is 5. The molecular weight excluding hydrogens is 342 g/mol. The number of imidazole rings is 1. The monoisotopic (exact) mass is 363 g/mol. The summed E-state index contributed by atoms with van der Waals surface area (Å²) in [4.78, 5) is 22.4. The first kappa shape index (κ1) is 16.2. The van der Waals surface area contributed by atoms with E-state index in [0.717, 1.165) is 23.9 Å². The first-order chi connectivity index (χ1) is 13.1. The van der Waals surface area contributed by atoms with Crippen molar-refractivity contribution in [2.24, 2.45) is 5.92 Å². The highest BCUT2D eigenvalue weighted by Crippen LogP contribution is 2.46. The Bertz CT molecular complexity index is 1220. The predicted octanol–water partition coefficient (Wildman–Crippen LogP) is 3.79. The second-order valence-corrected chi connectivity index (χ2v) is 7.51. The minimum atomic E-state index is -0.0818. The van der Waals surface area contributed by atoms with Crippen molar-refractivity contribution in [1.29, 1.82) is 0 Å². The summed E-state index contributed by atoms with van der Waals surface area (Å²) in [5, 5.41) is 4.11. The van der Waals surface area contributed by atoms with E-state index in [1.165, 1.54) is 0 Å². The van der Waals surface area contributed by atoms with Crippen LogP contribution in [0.1, 0.15) is 51.5 Å². The summed E-state index contributed by atoms with van der Waals surface area (Å²) in [5.74, 6) is 1.93. The van der Waals surface area contributed by atoms with Gasteiger partial charge in [-0.1, -0.05) is 31.1 Å². The maximum absolute atomic E-state index is 13.4. The first-order valence-corrected chi connectivity index (χ1v) is 9.44. The fourth-order valence-electron chi connectivity index (χ4n) is 3.76. The number of nitrogens with zero attached hydrogens (tertiary/aromatic N) is 5. The average molecular weight is 363 g/mol.